The van der Waals surface area contributed by atoms with Gasteiger partial charge in [0, 0.05) is 27.7 Å². The van der Waals surface area contributed by atoms with Gasteiger partial charge in [-0.25, -0.2) is 4.98 Å². The lowest BCUT2D eigenvalue weighted by atomic mass is 10.1. The van der Waals surface area contributed by atoms with E-state index in [1.807, 2.05) is 17.5 Å². The van der Waals surface area contributed by atoms with E-state index >= 15 is 0 Å². The molecule has 9 heteroatoms. The summed E-state index contributed by atoms with van der Waals surface area (Å²) in [5.41, 5.74) is 2.90. The van der Waals surface area contributed by atoms with E-state index < -0.39 is 0 Å². The highest BCUT2D eigenvalue weighted by atomic mass is 35.5. The first-order chi connectivity index (χ1) is 16.5. The van der Waals surface area contributed by atoms with Gasteiger partial charge in [-0.3, -0.25) is 9.59 Å². The Bertz CT molecular complexity index is 1370. The first kappa shape index (κ1) is 21.9. The number of benzene rings is 3. The molecule has 2 N–H and O–H groups in total. The standard InChI is InChI=1S/C25H18ClN3O4S/c26-16-7-5-15(6-8-16)25-28-18(13-34-25)12-23(30)29-20-4-2-1-3-19(20)24(31)27-17-9-10-21-22(11-17)33-14-32-21/h1-11,13H,12,14H2,(H,27,31)(H,29,30). The molecule has 0 radical (unpaired) electrons. The second kappa shape index (κ2) is 9.54. The highest BCUT2D eigenvalue weighted by molar-refractivity contribution is 7.13. The number of anilines is 2. The van der Waals surface area contributed by atoms with E-state index in [0.29, 0.717) is 39.2 Å². The third-order valence-corrected chi connectivity index (χ3v) is 6.25. The van der Waals surface area contributed by atoms with Gasteiger partial charge in [-0.05, 0) is 36.4 Å². The predicted molar refractivity (Wildman–Crippen MR) is 132 cm³/mol. The van der Waals surface area contributed by atoms with Gasteiger partial charge >= 0.3 is 0 Å². The van der Waals surface area contributed by atoms with E-state index in [1.54, 1.807) is 54.6 Å². The molecule has 5 rings (SSSR count). The number of nitrogens with one attached hydrogen (secondary N) is 2. The van der Waals surface area contributed by atoms with Crippen LogP contribution in [0.1, 0.15) is 16.1 Å². The van der Waals surface area contributed by atoms with E-state index in [4.69, 9.17) is 21.1 Å². The van der Waals surface area contributed by atoms with E-state index in [0.717, 1.165) is 10.6 Å². The molecule has 7 nitrogen and oxygen atoms in total. The summed E-state index contributed by atoms with van der Waals surface area (Å²) in [5, 5.41) is 8.97. The van der Waals surface area contributed by atoms with Crippen molar-refractivity contribution in [3.05, 3.63) is 88.4 Å². The zero-order valence-corrected chi connectivity index (χ0v) is 19.3. The second-order valence-corrected chi connectivity index (χ2v) is 8.74. The average molecular weight is 492 g/mol. The van der Waals surface area contributed by atoms with Gasteiger partial charge in [-0.15, -0.1) is 11.3 Å². The molecule has 1 aliphatic heterocycles. The fourth-order valence-corrected chi connectivity index (χ4v) is 4.39. The van der Waals surface area contributed by atoms with Crippen LogP contribution in [-0.4, -0.2) is 23.6 Å². The van der Waals surface area contributed by atoms with Crippen molar-refractivity contribution in [2.75, 3.05) is 17.4 Å². The molecule has 2 heterocycles. The van der Waals surface area contributed by atoms with Gasteiger partial charge in [-0.1, -0.05) is 35.9 Å². The number of hydrogen-bond donors (Lipinski definition) is 2. The smallest absolute Gasteiger partial charge is 0.257 e. The number of amides is 2. The van der Waals surface area contributed by atoms with Gasteiger partial charge in [-0.2, -0.15) is 0 Å². The molecule has 4 aromatic rings. The Kier molecular flexibility index (Phi) is 6.16. The van der Waals surface area contributed by atoms with Gasteiger partial charge in [0.05, 0.1) is 23.4 Å². The molecule has 0 saturated carbocycles. The maximum absolute atomic E-state index is 12.9. The number of halogens is 1. The third kappa shape index (κ3) is 4.88. The molecule has 0 atom stereocenters. The minimum Gasteiger partial charge on any atom is -0.454 e. The van der Waals surface area contributed by atoms with Crippen LogP contribution in [0.4, 0.5) is 11.4 Å². The van der Waals surface area contributed by atoms with Crippen LogP contribution < -0.4 is 20.1 Å². The molecule has 0 aliphatic carbocycles. The van der Waals surface area contributed by atoms with E-state index in [2.05, 4.69) is 15.6 Å². The zero-order valence-electron chi connectivity index (χ0n) is 17.7. The maximum Gasteiger partial charge on any atom is 0.257 e. The van der Waals surface area contributed by atoms with Crippen molar-refractivity contribution < 1.29 is 19.1 Å². The van der Waals surface area contributed by atoms with Crippen molar-refractivity contribution in [3.63, 3.8) is 0 Å². The minimum absolute atomic E-state index is 0.0855. The summed E-state index contributed by atoms with van der Waals surface area (Å²) in [4.78, 5) is 30.2. The molecule has 1 aromatic heterocycles. The Morgan fingerprint density at radius 1 is 0.971 bits per heavy atom. The molecule has 34 heavy (non-hydrogen) atoms. The summed E-state index contributed by atoms with van der Waals surface area (Å²) in [6.45, 7) is 0.155. The summed E-state index contributed by atoms with van der Waals surface area (Å²) in [6, 6.07) is 19.4. The van der Waals surface area contributed by atoms with Crippen molar-refractivity contribution in [2.45, 2.75) is 6.42 Å². The molecule has 3 aromatic carbocycles. The Balaban J connectivity index is 1.26. The van der Waals surface area contributed by atoms with Crippen molar-refractivity contribution in [2.24, 2.45) is 0 Å². The Labute approximate surface area is 204 Å². The molecule has 0 spiro atoms. The number of para-hydroxylation sites is 1. The number of carbonyl (C=O) groups excluding carboxylic acids is 2. The summed E-state index contributed by atoms with van der Waals surface area (Å²) < 4.78 is 10.6. The fraction of sp³-hybridized carbons (Fsp3) is 0.0800. The average Bonchev–Trinajstić information content (AvgIpc) is 3.49. The first-order valence-electron chi connectivity index (χ1n) is 10.4. The lowest BCUT2D eigenvalue weighted by Crippen LogP contribution is -2.19. The quantitative estimate of drug-likeness (QED) is 0.365. The monoisotopic (exact) mass is 491 g/mol. The molecule has 0 saturated heterocycles. The molecule has 0 fully saturated rings. The van der Waals surface area contributed by atoms with Crippen molar-refractivity contribution in [3.8, 4) is 22.1 Å². The largest absolute Gasteiger partial charge is 0.454 e. The summed E-state index contributed by atoms with van der Waals surface area (Å²) in [6.07, 6.45) is 0.0855. The normalized spacial score (nSPS) is 11.8. The van der Waals surface area contributed by atoms with Crippen LogP contribution in [-0.2, 0) is 11.2 Å². The van der Waals surface area contributed by atoms with Crippen molar-refractivity contribution in [1.29, 1.82) is 0 Å². The van der Waals surface area contributed by atoms with Gasteiger partial charge in [0.15, 0.2) is 11.5 Å². The van der Waals surface area contributed by atoms with Crippen LogP contribution in [0.15, 0.2) is 72.1 Å². The lowest BCUT2D eigenvalue weighted by molar-refractivity contribution is -0.115. The fourth-order valence-electron chi connectivity index (χ4n) is 3.43. The van der Waals surface area contributed by atoms with Crippen molar-refractivity contribution in [1.82, 2.24) is 4.98 Å². The van der Waals surface area contributed by atoms with E-state index in [1.165, 1.54) is 11.3 Å². The molecule has 2 amide bonds. The molecule has 1 aliphatic rings. The van der Waals surface area contributed by atoms with Crippen molar-refractivity contribution >= 4 is 46.1 Å². The second-order valence-electron chi connectivity index (χ2n) is 7.44. The molecule has 0 bridgehead atoms. The SMILES string of the molecule is O=C(Cc1csc(-c2ccc(Cl)cc2)n1)Nc1ccccc1C(=O)Nc1ccc2c(c1)OCO2. The molecular formula is C25H18ClN3O4S. The minimum atomic E-state index is -0.353. The number of fused-ring (bicyclic) bond motifs is 1. The summed E-state index contributed by atoms with van der Waals surface area (Å²) in [5.74, 6) is 0.581. The first-order valence-corrected chi connectivity index (χ1v) is 11.6. The van der Waals surface area contributed by atoms with Gasteiger partial charge in [0.1, 0.15) is 5.01 Å². The lowest BCUT2D eigenvalue weighted by Gasteiger charge is -2.11. The number of aromatic nitrogens is 1. The Morgan fingerprint density at radius 3 is 2.62 bits per heavy atom. The van der Waals surface area contributed by atoms with Crippen LogP contribution in [0.3, 0.4) is 0 Å². The highest BCUT2D eigenvalue weighted by Crippen LogP contribution is 2.34. The van der Waals surface area contributed by atoms with Crippen LogP contribution in [0, 0.1) is 0 Å². The summed E-state index contributed by atoms with van der Waals surface area (Å²) in [7, 11) is 0. The molecule has 170 valence electrons. The number of nitrogens with zero attached hydrogens (tertiary/aromatic N) is 1. The highest BCUT2D eigenvalue weighted by Gasteiger charge is 2.17. The topological polar surface area (TPSA) is 89.6 Å². The molecular weight excluding hydrogens is 474 g/mol. The Morgan fingerprint density at radius 2 is 1.76 bits per heavy atom. The van der Waals surface area contributed by atoms with Gasteiger partial charge < -0.3 is 20.1 Å². The Hall–Kier alpha value is -3.88. The van der Waals surface area contributed by atoms with Crippen LogP contribution in [0.2, 0.25) is 5.02 Å². The predicted octanol–water partition coefficient (Wildman–Crippen LogP) is 5.63. The van der Waals surface area contributed by atoms with Gasteiger partial charge in [0.25, 0.3) is 5.91 Å². The number of rotatable bonds is 6. The van der Waals surface area contributed by atoms with E-state index in [9.17, 15) is 9.59 Å². The van der Waals surface area contributed by atoms with E-state index in [-0.39, 0.29) is 25.0 Å². The summed E-state index contributed by atoms with van der Waals surface area (Å²) >= 11 is 7.40. The number of carbonyl (C=O) groups is 2. The zero-order chi connectivity index (χ0) is 23.5. The van der Waals surface area contributed by atoms with Crippen LogP contribution in [0.5, 0.6) is 11.5 Å². The third-order valence-electron chi connectivity index (χ3n) is 5.06. The van der Waals surface area contributed by atoms with Gasteiger partial charge in [0.2, 0.25) is 12.7 Å². The van der Waals surface area contributed by atoms with Crippen LogP contribution >= 0.6 is 22.9 Å². The maximum atomic E-state index is 12.9. The number of thiazole rings is 1. The number of hydrogen-bond acceptors (Lipinski definition) is 6. The number of ether oxygens (including phenoxy) is 2. The van der Waals surface area contributed by atoms with Crippen LogP contribution in [0.25, 0.3) is 10.6 Å². The molecule has 0 unspecified atom stereocenters.